The lowest BCUT2D eigenvalue weighted by Crippen LogP contribution is -2.51. The molecule has 1 amide bonds. The fourth-order valence-electron chi connectivity index (χ4n) is 3.46. The number of amides is 1. The standard InChI is InChI=1S/C21H24ClFN2O5S/c22-17-3-1-2-4-20(17)31(28,29)24-12-11-16-9-10-18(19(13-26)30-16)25-21(27)14-5-7-15(23)8-6-14/h1-8,16,18-19,24,26H,9-13H2,(H,25,27)/t16-,18-,19-/m0/s1. The van der Waals surface area contributed by atoms with Gasteiger partial charge in [-0.05, 0) is 55.7 Å². The van der Waals surface area contributed by atoms with E-state index in [0.717, 1.165) is 0 Å². The molecule has 0 unspecified atom stereocenters. The highest BCUT2D eigenvalue weighted by atomic mass is 35.5. The maximum Gasteiger partial charge on any atom is 0.251 e. The topological polar surface area (TPSA) is 105 Å². The number of carbonyl (C=O) groups is 1. The summed E-state index contributed by atoms with van der Waals surface area (Å²) in [6, 6.07) is 11.0. The van der Waals surface area contributed by atoms with Crippen molar-refractivity contribution in [1.82, 2.24) is 10.0 Å². The van der Waals surface area contributed by atoms with Gasteiger partial charge in [0, 0.05) is 12.1 Å². The summed E-state index contributed by atoms with van der Waals surface area (Å²) in [6.45, 7) is -0.154. The van der Waals surface area contributed by atoms with Crippen LogP contribution in [0, 0.1) is 5.82 Å². The quantitative estimate of drug-likeness (QED) is 0.549. The van der Waals surface area contributed by atoms with Crippen molar-refractivity contribution in [3.63, 3.8) is 0 Å². The molecular formula is C21H24ClFN2O5S. The van der Waals surface area contributed by atoms with Gasteiger partial charge in [0.2, 0.25) is 10.0 Å². The van der Waals surface area contributed by atoms with Crippen LogP contribution in [-0.4, -0.2) is 50.8 Å². The number of aliphatic hydroxyl groups is 1. The first-order valence-electron chi connectivity index (χ1n) is 9.87. The number of halogens is 2. The number of aliphatic hydroxyl groups excluding tert-OH is 1. The minimum Gasteiger partial charge on any atom is -0.394 e. The first-order chi connectivity index (χ1) is 14.8. The van der Waals surface area contributed by atoms with Crippen molar-refractivity contribution < 1.29 is 27.4 Å². The van der Waals surface area contributed by atoms with Crippen molar-refractivity contribution in [1.29, 1.82) is 0 Å². The molecule has 168 valence electrons. The molecule has 0 bridgehead atoms. The summed E-state index contributed by atoms with van der Waals surface area (Å²) >= 11 is 5.96. The molecule has 1 aliphatic rings. The third kappa shape index (κ3) is 6.24. The lowest BCUT2D eigenvalue weighted by Gasteiger charge is -2.36. The monoisotopic (exact) mass is 470 g/mol. The molecule has 1 fully saturated rings. The normalized spacial score (nSPS) is 21.6. The van der Waals surface area contributed by atoms with Crippen LogP contribution in [0.2, 0.25) is 5.02 Å². The number of sulfonamides is 1. The molecule has 1 heterocycles. The summed E-state index contributed by atoms with van der Waals surface area (Å²) in [7, 11) is -3.74. The van der Waals surface area contributed by atoms with Crippen molar-refractivity contribution in [2.24, 2.45) is 0 Å². The molecule has 2 aromatic carbocycles. The number of hydrogen-bond donors (Lipinski definition) is 3. The van der Waals surface area contributed by atoms with Gasteiger partial charge < -0.3 is 15.2 Å². The summed E-state index contributed by atoms with van der Waals surface area (Å²) < 4.78 is 46.2. The molecule has 7 nitrogen and oxygen atoms in total. The zero-order valence-electron chi connectivity index (χ0n) is 16.6. The molecule has 0 saturated carbocycles. The molecule has 10 heteroatoms. The second-order valence-electron chi connectivity index (χ2n) is 7.26. The van der Waals surface area contributed by atoms with Crippen LogP contribution in [0.3, 0.4) is 0 Å². The van der Waals surface area contributed by atoms with Crippen LogP contribution in [-0.2, 0) is 14.8 Å². The lowest BCUT2D eigenvalue weighted by atomic mass is 9.97. The highest BCUT2D eigenvalue weighted by Gasteiger charge is 2.32. The minimum atomic E-state index is -3.74. The Balaban J connectivity index is 1.51. The number of ether oxygens (including phenoxy) is 1. The van der Waals surface area contributed by atoms with Crippen molar-refractivity contribution in [2.75, 3.05) is 13.2 Å². The molecule has 0 radical (unpaired) electrons. The van der Waals surface area contributed by atoms with Crippen LogP contribution < -0.4 is 10.0 Å². The van der Waals surface area contributed by atoms with E-state index in [9.17, 15) is 22.7 Å². The summed E-state index contributed by atoms with van der Waals surface area (Å²) in [5.41, 5.74) is 0.314. The van der Waals surface area contributed by atoms with Gasteiger partial charge in [0.1, 0.15) is 16.8 Å². The molecule has 1 saturated heterocycles. The number of carbonyl (C=O) groups excluding carboxylic acids is 1. The first-order valence-corrected chi connectivity index (χ1v) is 11.7. The van der Waals surface area contributed by atoms with Crippen molar-refractivity contribution >= 4 is 27.5 Å². The van der Waals surface area contributed by atoms with Gasteiger partial charge in [-0.3, -0.25) is 4.79 Å². The molecule has 1 aliphatic heterocycles. The SMILES string of the molecule is O=C(N[C@H]1CC[C@@H](CCNS(=O)(=O)c2ccccc2Cl)O[C@H]1CO)c1ccc(F)cc1. The van der Waals surface area contributed by atoms with Crippen molar-refractivity contribution in [3.8, 4) is 0 Å². The first kappa shape index (κ1) is 23.6. The molecular weight excluding hydrogens is 447 g/mol. The third-order valence-corrected chi connectivity index (χ3v) is 7.06. The maximum atomic E-state index is 13.0. The summed E-state index contributed by atoms with van der Waals surface area (Å²) in [4.78, 5) is 12.4. The zero-order valence-corrected chi connectivity index (χ0v) is 18.2. The van der Waals surface area contributed by atoms with Crippen LogP contribution >= 0.6 is 11.6 Å². The smallest absolute Gasteiger partial charge is 0.251 e. The Labute approximate surface area is 185 Å². The van der Waals surface area contributed by atoms with Crippen molar-refractivity contribution in [2.45, 2.75) is 42.4 Å². The van der Waals surface area contributed by atoms with Gasteiger partial charge in [0.15, 0.2) is 0 Å². The minimum absolute atomic E-state index is 0.0121. The van der Waals surface area contributed by atoms with Crippen LogP contribution in [0.4, 0.5) is 4.39 Å². The summed E-state index contributed by atoms with van der Waals surface area (Å²) in [5, 5.41) is 12.6. The number of benzene rings is 2. The molecule has 0 spiro atoms. The van der Waals surface area contributed by atoms with E-state index in [1.165, 1.54) is 36.4 Å². The predicted octanol–water partition coefficient (Wildman–Crippen LogP) is 2.49. The largest absolute Gasteiger partial charge is 0.394 e. The van der Waals surface area contributed by atoms with E-state index >= 15 is 0 Å². The molecule has 0 aromatic heterocycles. The van der Waals surface area contributed by atoms with Crippen molar-refractivity contribution in [3.05, 3.63) is 64.9 Å². The number of rotatable bonds is 8. The van der Waals surface area contributed by atoms with E-state index in [4.69, 9.17) is 16.3 Å². The Morgan fingerprint density at radius 3 is 2.55 bits per heavy atom. The van der Waals surface area contributed by atoms with Crippen LogP contribution in [0.15, 0.2) is 53.4 Å². The maximum absolute atomic E-state index is 13.0. The third-order valence-electron chi connectivity index (χ3n) is 5.10. The van der Waals surface area contributed by atoms with Gasteiger partial charge >= 0.3 is 0 Å². The molecule has 3 rings (SSSR count). The molecule has 2 aromatic rings. The van der Waals surface area contributed by atoms with Gasteiger partial charge in [-0.1, -0.05) is 23.7 Å². The van der Waals surface area contributed by atoms with Gasteiger partial charge in [-0.15, -0.1) is 0 Å². The van der Waals surface area contributed by atoms with E-state index in [0.29, 0.717) is 24.8 Å². The van der Waals surface area contributed by atoms with Crippen LogP contribution in [0.1, 0.15) is 29.6 Å². The van der Waals surface area contributed by atoms with Crippen LogP contribution in [0.25, 0.3) is 0 Å². The average molecular weight is 471 g/mol. The second-order valence-corrected chi connectivity index (χ2v) is 9.40. The average Bonchev–Trinajstić information content (AvgIpc) is 2.75. The summed E-state index contributed by atoms with van der Waals surface area (Å²) in [5.74, 6) is -0.809. The fourth-order valence-corrected chi connectivity index (χ4v) is 5.02. The highest BCUT2D eigenvalue weighted by molar-refractivity contribution is 7.89. The Kier molecular flexibility index (Phi) is 8.01. The Morgan fingerprint density at radius 2 is 1.87 bits per heavy atom. The second kappa shape index (κ2) is 10.5. The Hall–Kier alpha value is -2.04. The van der Waals surface area contributed by atoms with Crippen LogP contribution in [0.5, 0.6) is 0 Å². The number of nitrogens with one attached hydrogen (secondary N) is 2. The van der Waals surface area contributed by atoms with E-state index in [-0.39, 0.29) is 35.1 Å². The van der Waals surface area contributed by atoms with Gasteiger partial charge in [-0.25, -0.2) is 17.5 Å². The zero-order chi connectivity index (χ0) is 22.4. The van der Waals surface area contributed by atoms with Gasteiger partial charge in [0.25, 0.3) is 5.91 Å². The van der Waals surface area contributed by atoms with Gasteiger partial charge in [-0.2, -0.15) is 0 Å². The van der Waals surface area contributed by atoms with E-state index < -0.39 is 28.0 Å². The fraction of sp³-hybridized carbons (Fsp3) is 0.381. The Morgan fingerprint density at radius 1 is 1.16 bits per heavy atom. The lowest BCUT2D eigenvalue weighted by molar-refractivity contribution is -0.0891. The van der Waals surface area contributed by atoms with E-state index in [2.05, 4.69) is 10.0 Å². The predicted molar refractivity (Wildman–Crippen MR) is 114 cm³/mol. The Bertz CT molecular complexity index is 1000. The number of hydrogen-bond acceptors (Lipinski definition) is 5. The summed E-state index contributed by atoms with van der Waals surface area (Å²) in [6.07, 6.45) is 0.644. The highest BCUT2D eigenvalue weighted by Crippen LogP contribution is 2.23. The van der Waals surface area contributed by atoms with Gasteiger partial charge in [0.05, 0.1) is 23.8 Å². The molecule has 3 N–H and O–H groups in total. The molecule has 3 atom stereocenters. The van der Waals surface area contributed by atoms with E-state index in [1.807, 2.05) is 0 Å². The molecule has 0 aliphatic carbocycles. The van der Waals surface area contributed by atoms with E-state index in [1.54, 1.807) is 12.1 Å². The molecule has 31 heavy (non-hydrogen) atoms.